The van der Waals surface area contributed by atoms with Gasteiger partial charge in [-0.15, -0.1) is 11.3 Å². The molecule has 1 atom stereocenters. The molecule has 0 amide bonds. The van der Waals surface area contributed by atoms with Gasteiger partial charge in [0.05, 0.1) is 6.61 Å². The van der Waals surface area contributed by atoms with Crippen LogP contribution in [-0.4, -0.2) is 17.8 Å². The molecule has 2 rings (SSSR count). The summed E-state index contributed by atoms with van der Waals surface area (Å²) >= 11 is 1.53. The standard InChI is InChI=1S/C16H20FNOS/c1-11(2)15(10-19)18-9-12-5-6-14(17)13(8-12)16-4-3-7-20-16/h3-8,11,15,18-19H,9-10H2,1-2H3/t15-/m1/s1. The van der Waals surface area contributed by atoms with Crippen molar-refractivity contribution < 1.29 is 9.50 Å². The third-order valence-electron chi connectivity index (χ3n) is 3.39. The maximum atomic E-state index is 13.9. The quantitative estimate of drug-likeness (QED) is 0.852. The number of benzene rings is 1. The summed E-state index contributed by atoms with van der Waals surface area (Å²) in [5, 5.41) is 14.6. The number of aliphatic hydroxyl groups is 1. The average Bonchev–Trinajstić information content (AvgIpc) is 2.94. The third kappa shape index (κ3) is 3.66. The van der Waals surface area contributed by atoms with Gasteiger partial charge in [-0.25, -0.2) is 4.39 Å². The van der Waals surface area contributed by atoms with Crippen LogP contribution in [0, 0.1) is 11.7 Å². The molecule has 0 aliphatic carbocycles. The Kier molecular flexibility index (Phi) is 5.29. The van der Waals surface area contributed by atoms with E-state index in [-0.39, 0.29) is 18.5 Å². The Morgan fingerprint density at radius 3 is 2.70 bits per heavy atom. The number of hydrogen-bond acceptors (Lipinski definition) is 3. The lowest BCUT2D eigenvalue weighted by molar-refractivity contribution is 0.210. The van der Waals surface area contributed by atoms with Gasteiger partial charge in [-0.1, -0.05) is 26.0 Å². The van der Waals surface area contributed by atoms with Crippen molar-refractivity contribution in [3.63, 3.8) is 0 Å². The van der Waals surface area contributed by atoms with E-state index in [4.69, 9.17) is 0 Å². The number of hydrogen-bond donors (Lipinski definition) is 2. The van der Waals surface area contributed by atoms with Crippen LogP contribution in [0.15, 0.2) is 35.7 Å². The fourth-order valence-electron chi connectivity index (χ4n) is 2.06. The molecule has 0 aliphatic rings. The summed E-state index contributed by atoms with van der Waals surface area (Å²) in [5.41, 5.74) is 1.67. The molecule has 1 heterocycles. The normalized spacial score (nSPS) is 12.8. The minimum Gasteiger partial charge on any atom is -0.395 e. The average molecular weight is 293 g/mol. The van der Waals surface area contributed by atoms with Gasteiger partial charge < -0.3 is 10.4 Å². The predicted molar refractivity (Wildman–Crippen MR) is 82.3 cm³/mol. The Labute approximate surface area is 123 Å². The number of rotatable bonds is 6. The SMILES string of the molecule is CC(C)[C@@H](CO)NCc1ccc(F)c(-c2cccs2)c1. The van der Waals surface area contributed by atoms with Crippen LogP contribution in [-0.2, 0) is 6.54 Å². The molecule has 0 aliphatic heterocycles. The Hall–Kier alpha value is -1.23. The van der Waals surface area contributed by atoms with Crippen LogP contribution in [0.3, 0.4) is 0 Å². The molecule has 2 aromatic rings. The van der Waals surface area contributed by atoms with Gasteiger partial charge in [0.2, 0.25) is 0 Å². The molecule has 0 radical (unpaired) electrons. The van der Waals surface area contributed by atoms with E-state index < -0.39 is 0 Å². The summed E-state index contributed by atoms with van der Waals surface area (Å²) in [6, 6.07) is 9.08. The van der Waals surface area contributed by atoms with Crippen LogP contribution in [0.2, 0.25) is 0 Å². The molecule has 2 N–H and O–H groups in total. The lowest BCUT2D eigenvalue weighted by atomic mass is 10.0. The fourth-order valence-corrected chi connectivity index (χ4v) is 2.81. The highest BCUT2D eigenvalue weighted by molar-refractivity contribution is 7.13. The molecule has 0 spiro atoms. The highest BCUT2D eigenvalue weighted by atomic mass is 32.1. The summed E-state index contributed by atoms with van der Waals surface area (Å²) in [7, 11) is 0. The van der Waals surface area contributed by atoms with Crippen molar-refractivity contribution in [2.75, 3.05) is 6.61 Å². The zero-order chi connectivity index (χ0) is 14.5. The topological polar surface area (TPSA) is 32.3 Å². The molecule has 0 unspecified atom stereocenters. The molecule has 2 nitrogen and oxygen atoms in total. The third-order valence-corrected chi connectivity index (χ3v) is 4.29. The highest BCUT2D eigenvalue weighted by Crippen LogP contribution is 2.28. The van der Waals surface area contributed by atoms with E-state index in [1.807, 2.05) is 23.6 Å². The van der Waals surface area contributed by atoms with Gasteiger partial charge in [-0.2, -0.15) is 0 Å². The molecule has 1 aromatic carbocycles. The van der Waals surface area contributed by atoms with Crippen molar-refractivity contribution in [2.24, 2.45) is 5.92 Å². The van der Waals surface area contributed by atoms with E-state index in [9.17, 15) is 9.50 Å². The van der Waals surface area contributed by atoms with Gasteiger partial charge in [0, 0.05) is 23.0 Å². The second-order valence-electron chi connectivity index (χ2n) is 5.21. The van der Waals surface area contributed by atoms with Gasteiger partial charge in [0.1, 0.15) is 5.82 Å². The first-order valence-corrected chi connectivity index (χ1v) is 7.66. The predicted octanol–water partition coefficient (Wildman–Crippen LogP) is 3.66. The van der Waals surface area contributed by atoms with Crippen molar-refractivity contribution in [1.29, 1.82) is 0 Å². The van der Waals surface area contributed by atoms with E-state index in [0.717, 1.165) is 10.4 Å². The summed E-state index contributed by atoms with van der Waals surface area (Å²) in [5.74, 6) is 0.163. The monoisotopic (exact) mass is 293 g/mol. The molecular weight excluding hydrogens is 273 g/mol. The van der Waals surface area contributed by atoms with Crippen molar-refractivity contribution in [2.45, 2.75) is 26.4 Å². The van der Waals surface area contributed by atoms with E-state index >= 15 is 0 Å². The summed E-state index contributed by atoms with van der Waals surface area (Å²) in [6.45, 7) is 4.87. The van der Waals surface area contributed by atoms with Gasteiger partial charge in [-0.3, -0.25) is 0 Å². The summed E-state index contributed by atoms with van der Waals surface area (Å²) in [6.07, 6.45) is 0. The van der Waals surface area contributed by atoms with Crippen LogP contribution < -0.4 is 5.32 Å². The number of aliphatic hydroxyl groups excluding tert-OH is 1. The molecule has 0 saturated heterocycles. The van der Waals surface area contributed by atoms with Crippen LogP contribution in [0.1, 0.15) is 19.4 Å². The molecule has 0 bridgehead atoms. The molecule has 0 fully saturated rings. The Balaban J connectivity index is 2.12. The Bertz CT molecular complexity index is 539. The van der Waals surface area contributed by atoms with Crippen molar-refractivity contribution in [3.8, 4) is 10.4 Å². The van der Waals surface area contributed by atoms with E-state index in [1.165, 1.54) is 17.4 Å². The maximum absolute atomic E-state index is 13.9. The summed E-state index contributed by atoms with van der Waals surface area (Å²) < 4.78 is 13.9. The molecule has 20 heavy (non-hydrogen) atoms. The van der Waals surface area contributed by atoms with E-state index in [2.05, 4.69) is 19.2 Å². The minimum atomic E-state index is -0.196. The van der Waals surface area contributed by atoms with E-state index in [0.29, 0.717) is 18.0 Å². The van der Waals surface area contributed by atoms with Crippen LogP contribution in [0.4, 0.5) is 4.39 Å². The van der Waals surface area contributed by atoms with Crippen LogP contribution in [0.5, 0.6) is 0 Å². The number of halogens is 1. The first-order valence-electron chi connectivity index (χ1n) is 6.78. The smallest absolute Gasteiger partial charge is 0.131 e. The zero-order valence-electron chi connectivity index (χ0n) is 11.8. The second kappa shape index (κ2) is 6.97. The maximum Gasteiger partial charge on any atom is 0.131 e. The van der Waals surface area contributed by atoms with Gasteiger partial charge in [0.15, 0.2) is 0 Å². The van der Waals surface area contributed by atoms with Crippen molar-refractivity contribution in [3.05, 3.63) is 47.1 Å². The molecule has 1 aromatic heterocycles. The second-order valence-corrected chi connectivity index (χ2v) is 6.15. The minimum absolute atomic E-state index is 0.0604. The molecule has 4 heteroatoms. The van der Waals surface area contributed by atoms with Gasteiger partial charge in [-0.05, 0) is 35.1 Å². The zero-order valence-corrected chi connectivity index (χ0v) is 12.6. The fraction of sp³-hybridized carbons (Fsp3) is 0.375. The molecule has 108 valence electrons. The van der Waals surface area contributed by atoms with Gasteiger partial charge >= 0.3 is 0 Å². The molecular formula is C16H20FNOS. The van der Waals surface area contributed by atoms with Crippen molar-refractivity contribution >= 4 is 11.3 Å². The first-order chi connectivity index (χ1) is 9.61. The van der Waals surface area contributed by atoms with Crippen LogP contribution in [0.25, 0.3) is 10.4 Å². The Morgan fingerprint density at radius 2 is 2.10 bits per heavy atom. The van der Waals surface area contributed by atoms with Crippen molar-refractivity contribution in [1.82, 2.24) is 5.32 Å². The lowest BCUT2D eigenvalue weighted by Gasteiger charge is -2.20. The first kappa shape index (κ1) is 15.2. The summed E-state index contributed by atoms with van der Waals surface area (Å²) in [4.78, 5) is 0.937. The lowest BCUT2D eigenvalue weighted by Crippen LogP contribution is -2.36. The Morgan fingerprint density at radius 1 is 1.30 bits per heavy atom. The highest BCUT2D eigenvalue weighted by Gasteiger charge is 2.12. The largest absolute Gasteiger partial charge is 0.395 e. The molecule has 0 saturated carbocycles. The number of thiophene rings is 1. The number of nitrogens with one attached hydrogen (secondary N) is 1. The van der Waals surface area contributed by atoms with Gasteiger partial charge in [0.25, 0.3) is 0 Å². The van der Waals surface area contributed by atoms with Crippen LogP contribution >= 0.6 is 11.3 Å². The van der Waals surface area contributed by atoms with E-state index in [1.54, 1.807) is 6.07 Å².